The van der Waals surface area contributed by atoms with E-state index >= 15 is 0 Å². The van der Waals surface area contributed by atoms with Crippen molar-refractivity contribution in [2.45, 2.75) is 10.8 Å². The number of halogens is 1. The summed E-state index contributed by atoms with van der Waals surface area (Å²) in [6, 6.07) is 15.7. The Hall–Kier alpha value is -1.36. The molecule has 2 rings (SSSR count). The quantitative estimate of drug-likeness (QED) is 0.924. The van der Waals surface area contributed by atoms with Crippen molar-refractivity contribution in [2.75, 3.05) is 12.3 Å². The van der Waals surface area contributed by atoms with Crippen LogP contribution in [0.4, 0.5) is 0 Å². The van der Waals surface area contributed by atoms with Crippen LogP contribution in [-0.4, -0.2) is 20.7 Å². The SMILES string of the molecule is NCC(CS(=O)(=O)c1ccc(Cl)cc1)c1ccccc1. The minimum atomic E-state index is -3.38. The lowest BCUT2D eigenvalue weighted by Gasteiger charge is -2.15. The molecule has 1 atom stereocenters. The van der Waals surface area contributed by atoms with Gasteiger partial charge in [0.1, 0.15) is 0 Å². The molecular weight excluding hydrogens is 294 g/mol. The largest absolute Gasteiger partial charge is 0.330 e. The Morgan fingerprint density at radius 3 is 2.15 bits per heavy atom. The van der Waals surface area contributed by atoms with Crippen LogP contribution < -0.4 is 5.73 Å². The van der Waals surface area contributed by atoms with Crippen LogP contribution in [0.25, 0.3) is 0 Å². The summed E-state index contributed by atoms with van der Waals surface area (Å²) in [5.74, 6) is -0.216. The molecule has 0 heterocycles. The minimum absolute atomic E-state index is 0.00482. The van der Waals surface area contributed by atoms with Gasteiger partial charge in [-0.2, -0.15) is 0 Å². The summed E-state index contributed by atoms with van der Waals surface area (Å²) in [7, 11) is -3.38. The fraction of sp³-hybridized carbons (Fsp3) is 0.200. The maximum Gasteiger partial charge on any atom is 0.179 e. The Balaban J connectivity index is 2.24. The van der Waals surface area contributed by atoms with Crippen molar-refractivity contribution in [3.8, 4) is 0 Å². The Kier molecular flexibility index (Phi) is 4.81. The molecular formula is C15H16ClNO2S. The van der Waals surface area contributed by atoms with Crippen molar-refractivity contribution >= 4 is 21.4 Å². The van der Waals surface area contributed by atoms with Gasteiger partial charge in [0.2, 0.25) is 0 Å². The van der Waals surface area contributed by atoms with Gasteiger partial charge in [0.05, 0.1) is 10.6 Å². The van der Waals surface area contributed by atoms with Gasteiger partial charge in [-0.25, -0.2) is 8.42 Å². The van der Waals surface area contributed by atoms with Crippen LogP contribution in [-0.2, 0) is 9.84 Å². The van der Waals surface area contributed by atoms with Crippen LogP contribution in [0.2, 0.25) is 5.02 Å². The van der Waals surface area contributed by atoms with Gasteiger partial charge in [0.25, 0.3) is 0 Å². The number of nitrogens with two attached hydrogens (primary N) is 1. The first-order valence-electron chi connectivity index (χ1n) is 6.26. The zero-order chi connectivity index (χ0) is 14.6. The first kappa shape index (κ1) is 15.0. The number of benzene rings is 2. The van der Waals surface area contributed by atoms with E-state index in [0.29, 0.717) is 5.02 Å². The van der Waals surface area contributed by atoms with Crippen molar-refractivity contribution in [3.05, 3.63) is 65.2 Å². The molecule has 0 aliphatic heterocycles. The maximum atomic E-state index is 12.4. The van der Waals surface area contributed by atoms with E-state index in [1.54, 1.807) is 12.1 Å². The maximum absolute atomic E-state index is 12.4. The Labute approximate surface area is 124 Å². The highest BCUT2D eigenvalue weighted by Crippen LogP contribution is 2.22. The number of hydrogen-bond acceptors (Lipinski definition) is 3. The molecule has 2 N–H and O–H groups in total. The highest BCUT2D eigenvalue weighted by molar-refractivity contribution is 7.91. The molecule has 3 nitrogen and oxygen atoms in total. The summed E-state index contributed by atoms with van der Waals surface area (Å²) in [4.78, 5) is 0.274. The van der Waals surface area contributed by atoms with Crippen LogP contribution in [0.1, 0.15) is 11.5 Å². The second-order valence-corrected chi connectivity index (χ2v) is 7.05. The van der Waals surface area contributed by atoms with E-state index in [1.807, 2.05) is 30.3 Å². The van der Waals surface area contributed by atoms with Gasteiger partial charge in [-0.1, -0.05) is 41.9 Å². The van der Waals surface area contributed by atoms with Gasteiger partial charge in [-0.15, -0.1) is 0 Å². The van der Waals surface area contributed by atoms with Gasteiger partial charge < -0.3 is 5.73 Å². The average Bonchev–Trinajstić information content (AvgIpc) is 2.46. The van der Waals surface area contributed by atoms with Gasteiger partial charge >= 0.3 is 0 Å². The summed E-state index contributed by atoms with van der Waals surface area (Å²) in [5.41, 5.74) is 6.67. The topological polar surface area (TPSA) is 60.2 Å². The molecule has 0 amide bonds. The van der Waals surface area contributed by atoms with Crippen LogP contribution in [0, 0.1) is 0 Å². The van der Waals surface area contributed by atoms with Crippen molar-refractivity contribution in [1.82, 2.24) is 0 Å². The molecule has 0 bridgehead atoms. The molecule has 1 unspecified atom stereocenters. The van der Waals surface area contributed by atoms with Crippen LogP contribution in [0.15, 0.2) is 59.5 Å². The lowest BCUT2D eigenvalue weighted by Crippen LogP contribution is -2.22. The summed E-state index contributed by atoms with van der Waals surface area (Å²) in [6.07, 6.45) is 0. The van der Waals surface area contributed by atoms with Gasteiger partial charge in [0.15, 0.2) is 9.84 Å². The lowest BCUT2D eigenvalue weighted by molar-refractivity contribution is 0.587. The Morgan fingerprint density at radius 1 is 1.00 bits per heavy atom. The minimum Gasteiger partial charge on any atom is -0.330 e. The molecule has 0 aliphatic rings. The Bertz CT molecular complexity index is 654. The normalized spacial score (nSPS) is 13.1. The smallest absolute Gasteiger partial charge is 0.179 e. The standard InChI is InChI=1S/C15H16ClNO2S/c16-14-6-8-15(9-7-14)20(18,19)11-13(10-17)12-4-2-1-3-5-12/h1-9,13H,10-11,17H2. The van der Waals surface area contributed by atoms with E-state index in [2.05, 4.69) is 0 Å². The second kappa shape index (κ2) is 6.39. The zero-order valence-electron chi connectivity index (χ0n) is 10.9. The van der Waals surface area contributed by atoms with Crippen LogP contribution in [0.3, 0.4) is 0 Å². The van der Waals surface area contributed by atoms with Crippen LogP contribution in [0.5, 0.6) is 0 Å². The fourth-order valence-electron chi connectivity index (χ4n) is 2.03. The van der Waals surface area contributed by atoms with Crippen molar-refractivity contribution < 1.29 is 8.42 Å². The number of hydrogen-bond donors (Lipinski definition) is 1. The molecule has 0 saturated carbocycles. The third-order valence-corrected chi connectivity index (χ3v) is 5.23. The monoisotopic (exact) mass is 309 g/mol. The van der Waals surface area contributed by atoms with E-state index in [1.165, 1.54) is 12.1 Å². The highest BCUT2D eigenvalue weighted by Gasteiger charge is 2.21. The van der Waals surface area contributed by atoms with E-state index in [9.17, 15) is 8.42 Å². The second-order valence-electron chi connectivity index (χ2n) is 4.58. The van der Waals surface area contributed by atoms with Crippen molar-refractivity contribution in [1.29, 1.82) is 0 Å². The van der Waals surface area contributed by atoms with Crippen molar-refractivity contribution in [2.24, 2.45) is 5.73 Å². The Morgan fingerprint density at radius 2 is 1.60 bits per heavy atom. The molecule has 2 aromatic carbocycles. The summed E-state index contributed by atoms with van der Waals surface area (Å²) >= 11 is 5.78. The summed E-state index contributed by atoms with van der Waals surface area (Å²) in [5, 5.41) is 0.516. The van der Waals surface area contributed by atoms with E-state index in [4.69, 9.17) is 17.3 Å². The summed E-state index contributed by atoms with van der Waals surface area (Å²) < 4.78 is 24.8. The number of sulfone groups is 1. The predicted molar refractivity (Wildman–Crippen MR) is 81.7 cm³/mol. The zero-order valence-corrected chi connectivity index (χ0v) is 12.4. The van der Waals surface area contributed by atoms with Gasteiger partial charge in [-0.05, 0) is 29.8 Å². The van der Waals surface area contributed by atoms with Crippen molar-refractivity contribution in [3.63, 3.8) is 0 Å². The molecule has 0 aromatic heterocycles. The lowest BCUT2D eigenvalue weighted by atomic mass is 10.0. The van der Waals surface area contributed by atoms with E-state index in [-0.39, 0.29) is 23.1 Å². The first-order chi connectivity index (χ1) is 9.53. The average molecular weight is 310 g/mol. The third kappa shape index (κ3) is 3.60. The molecule has 106 valence electrons. The molecule has 5 heteroatoms. The van der Waals surface area contributed by atoms with Gasteiger partial charge in [0, 0.05) is 17.5 Å². The molecule has 0 spiro atoms. The molecule has 0 fully saturated rings. The summed E-state index contributed by atoms with van der Waals surface area (Å²) in [6.45, 7) is 0.289. The highest BCUT2D eigenvalue weighted by atomic mass is 35.5. The molecule has 0 aliphatic carbocycles. The molecule has 20 heavy (non-hydrogen) atoms. The number of rotatable bonds is 5. The third-order valence-electron chi connectivity index (χ3n) is 3.15. The van der Waals surface area contributed by atoms with E-state index in [0.717, 1.165) is 5.56 Å². The predicted octanol–water partition coefficient (Wildman–Crippen LogP) is 2.86. The van der Waals surface area contributed by atoms with Crippen LogP contribution >= 0.6 is 11.6 Å². The first-order valence-corrected chi connectivity index (χ1v) is 8.29. The molecule has 0 saturated heterocycles. The van der Waals surface area contributed by atoms with Gasteiger partial charge in [-0.3, -0.25) is 0 Å². The fourth-order valence-corrected chi connectivity index (χ4v) is 3.76. The van der Waals surface area contributed by atoms with E-state index < -0.39 is 9.84 Å². The molecule has 0 radical (unpaired) electrons. The molecule has 2 aromatic rings.